The van der Waals surface area contributed by atoms with Gasteiger partial charge in [0.25, 0.3) is 0 Å². The first-order chi connectivity index (χ1) is 5.70. The van der Waals surface area contributed by atoms with Crippen molar-refractivity contribution in [3.63, 3.8) is 0 Å². The topological polar surface area (TPSA) is 59.4 Å². The molecule has 1 atom stereocenters. The summed E-state index contributed by atoms with van der Waals surface area (Å²) in [7, 11) is 0. The average molecular weight is 167 g/mol. The van der Waals surface area contributed by atoms with Gasteiger partial charge >= 0.3 is 5.97 Å². The molecule has 0 bridgehead atoms. The number of carboxylic acid groups (broad SMARTS) is 1. The fraction of sp³-hybridized carbons (Fsp3) is 0.250. The van der Waals surface area contributed by atoms with Crippen molar-refractivity contribution in [2.45, 2.75) is 13.0 Å². The van der Waals surface area contributed by atoms with E-state index in [1.54, 1.807) is 18.3 Å². The van der Waals surface area contributed by atoms with Crippen molar-refractivity contribution < 1.29 is 14.6 Å². The van der Waals surface area contributed by atoms with E-state index in [9.17, 15) is 4.79 Å². The Morgan fingerprint density at radius 3 is 3.00 bits per heavy atom. The highest BCUT2D eigenvalue weighted by Crippen LogP contribution is 2.08. The van der Waals surface area contributed by atoms with Gasteiger partial charge in [-0.3, -0.25) is 4.98 Å². The molecule has 0 saturated carbocycles. The lowest BCUT2D eigenvalue weighted by Gasteiger charge is -2.08. The van der Waals surface area contributed by atoms with E-state index < -0.39 is 12.1 Å². The maximum Gasteiger partial charge on any atom is 0.344 e. The van der Waals surface area contributed by atoms with Gasteiger partial charge in [0, 0.05) is 6.20 Å². The summed E-state index contributed by atoms with van der Waals surface area (Å²) < 4.78 is 5.01. The molecular weight excluding hydrogens is 158 g/mol. The SMILES string of the molecule is C[C@@H](Oc1cccnc1)C(=O)O. The van der Waals surface area contributed by atoms with Gasteiger partial charge in [0.05, 0.1) is 6.20 Å². The molecular formula is C8H9NO3. The minimum Gasteiger partial charge on any atom is -0.479 e. The van der Waals surface area contributed by atoms with Crippen LogP contribution in [-0.4, -0.2) is 22.2 Å². The molecule has 1 heterocycles. The highest BCUT2D eigenvalue weighted by molar-refractivity contribution is 5.72. The normalized spacial score (nSPS) is 12.1. The van der Waals surface area contributed by atoms with Gasteiger partial charge in [0.15, 0.2) is 6.10 Å². The standard InChI is InChI=1S/C8H9NO3/c1-6(8(10)11)12-7-3-2-4-9-5-7/h2-6H,1H3,(H,10,11)/t6-/m1/s1. The Labute approximate surface area is 69.8 Å². The summed E-state index contributed by atoms with van der Waals surface area (Å²) in [5.41, 5.74) is 0. The summed E-state index contributed by atoms with van der Waals surface area (Å²) in [6.07, 6.45) is 2.23. The molecule has 0 aliphatic rings. The summed E-state index contributed by atoms with van der Waals surface area (Å²) in [4.78, 5) is 14.1. The lowest BCUT2D eigenvalue weighted by atomic mass is 10.4. The molecule has 64 valence electrons. The van der Waals surface area contributed by atoms with E-state index >= 15 is 0 Å². The first-order valence-corrected chi connectivity index (χ1v) is 3.49. The molecule has 0 aliphatic heterocycles. The van der Waals surface area contributed by atoms with Crippen LogP contribution in [0, 0.1) is 0 Å². The van der Waals surface area contributed by atoms with Crippen molar-refractivity contribution in [3.8, 4) is 5.75 Å². The second-order valence-electron chi connectivity index (χ2n) is 2.29. The van der Waals surface area contributed by atoms with Crippen LogP contribution in [0.3, 0.4) is 0 Å². The number of nitrogens with zero attached hydrogens (tertiary/aromatic N) is 1. The predicted octanol–water partition coefficient (Wildman–Crippen LogP) is 0.933. The van der Waals surface area contributed by atoms with Gasteiger partial charge in [-0.2, -0.15) is 0 Å². The maximum atomic E-state index is 10.4. The number of carboxylic acids is 1. The second kappa shape index (κ2) is 3.71. The zero-order valence-electron chi connectivity index (χ0n) is 6.60. The largest absolute Gasteiger partial charge is 0.479 e. The summed E-state index contributed by atoms with van der Waals surface area (Å²) in [6.45, 7) is 1.47. The quantitative estimate of drug-likeness (QED) is 0.727. The number of aliphatic carboxylic acids is 1. The van der Waals surface area contributed by atoms with Crippen LogP contribution in [0.1, 0.15) is 6.92 Å². The Kier molecular flexibility index (Phi) is 2.63. The first-order valence-electron chi connectivity index (χ1n) is 3.49. The van der Waals surface area contributed by atoms with Crippen LogP contribution in [0.15, 0.2) is 24.5 Å². The third kappa shape index (κ3) is 2.23. The van der Waals surface area contributed by atoms with Gasteiger partial charge < -0.3 is 9.84 Å². The lowest BCUT2D eigenvalue weighted by Crippen LogP contribution is -2.22. The molecule has 0 unspecified atom stereocenters. The molecule has 12 heavy (non-hydrogen) atoms. The molecule has 4 nitrogen and oxygen atoms in total. The van der Waals surface area contributed by atoms with Gasteiger partial charge in [0.1, 0.15) is 5.75 Å². The maximum absolute atomic E-state index is 10.4. The zero-order valence-corrected chi connectivity index (χ0v) is 6.60. The highest BCUT2D eigenvalue weighted by Gasteiger charge is 2.11. The molecule has 0 fully saturated rings. The third-order valence-corrected chi connectivity index (χ3v) is 1.30. The number of hydrogen-bond donors (Lipinski definition) is 1. The van der Waals surface area contributed by atoms with Crippen LogP contribution < -0.4 is 4.74 Å². The second-order valence-corrected chi connectivity index (χ2v) is 2.29. The van der Waals surface area contributed by atoms with E-state index in [0.717, 1.165) is 0 Å². The van der Waals surface area contributed by atoms with Gasteiger partial charge in [-0.25, -0.2) is 4.79 Å². The van der Waals surface area contributed by atoms with Crippen LogP contribution in [0.25, 0.3) is 0 Å². The van der Waals surface area contributed by atoms with Crippen LogP contribution >= 0.6 is 0 Å². The summed E-state index contributed by atoms with van der Waals surface area (Å²) in [5, 5.41) is 8.50. The number of ether oxygens (including phenoxy) is 1. The molecule has 0 amide bonds. The Morgan fingerprint density at radius 2 is 2.50 bits per heavy atom. The number of aromatic nitrogens is 1. The summed E-state index contributed by atoms with van der Waals surface area (Å²) in [5.74, 6) is -0.522. The van der Waals surface area contributed by atoms with Crippen molar-refractivity contribution >= 4 is 5.97 Å². The molecule has 0 aliphatic carbocycles. The molecule has 1 aromatic heterocycles. The molecule has 1 rings (SSSR count). The average Bonchev–Trinajstić information content (AvgIpc) is 2.06. The van der Waals surface area contributed by atoms with E-state index in [0.29, 0.717) is 5.75 Å². The third-order valence-electron chi connectivity index (χ3n) is 1.30. The van der Waals surface area contributed by atoms with Crippen molar-refractivity contribution in [2.24, 2.45) is 0 Å². The molecule has 0 spiro atoms. The summed E-state index contributed by atoms with van der Waals surface area (Å²) >= 11 is 0. The van der Waals surface area contributed by atoms with Gasteiger partial charge in [0.2, 0.25) is 0 Å². The molecule has 0 aromatic carbocycles. The number of pyridine rings is 1. The van der Waals surface area contributed by atoms with Gasteiger partial charge in [-0.15, -0.1) is 0 Å². The summed E-state index contributed by atoms with van der Waals surface area (Å²) in [6, 6.07) is 3.34. The first kappa shape index (κ1) is 8.52. The van der Waals surface area contributed by atoms with Crippen molar-refractivity contribution in [1.82, 2.24) is 4.98 Å². The Hall–Kier alpha value is -1.58. The van der Waals surface area contributed by atoms with E-state index in [2.05, 4.69) is 4.98 Å². The minimum atomic E-state index is -0.987. The van der Waals surface area contributed by atoms with Crippen molar-refractivity contribution in [1.29, 1.82) is 0 Å². The molecule has 1 aromatic rings. The van der Waals surface area contributed by atoms with Gasteiger partial charge in [-0.05, 0) is 19.1 Å². The van der Waals surface area contributed by atoms with E-state index in [4.69, 9.17) is 9.84 Å². The van der Waals surface area contributed by atoms with E-state index in [1.807, 2.05) is 0 Å². The Morgan fingerprint density at radius 1 is 1.75 bits per heavy atom. The number of rotatable bonds is 3. The molecule has 0 radical (unpaired) electrons. The van der Waals surface area contributed by atoms with Crippen LogP contribution in [0.5, 0.6) is 5.75 Å². The van der Waals surface area contributed by atoms with Crippen LogP contribution in [0.2, 0.25) is 0 Å². The van der Waals surface area contributed by atoms with E-state index in [1.165, 1.54) is 13.1 Å². The monoisotopic (exact) mass is 167 g/mol. The molecule has 4 heteroatoms. The van der Waals surface area contributed by atoms with E-state index in [-0.39, 0.29) is 0 Å². The van der Waals surface area contributed by atoms with Gasteiger partial charge in [-0.1, -0.05) is 0 Å². The number of hydrogen-bond acceptors (Lipinski definition) is 3. The van der Waals surface area contributed by atoms with Crippen molar-refractivity contribution in [2.75, 3.05) is 0 Å². The highest BCUT2D eigenvalue weighted by atomic mass is 16.5. The minimum absolute atomic E-state index is 0.465. The zero-order chi connectivity index (χ0) is 8.97. The molecule has 1 N–H and O–H groups in total. The predicted molar refractivity (Wildman–Crippen MR) is 42.0 cm³/mol. The lowest BCUT2D eigenvalue weighted by molar-refractivity contribution is -0.144. The Bertz CT molecular complexity index is 260. The smallest absolute Gasteiger partial charge is 0.344 e. The number of carbonyl (C=O) groups is 1. The van der Waals surface area contributed by atoms with Crippen LogP contribution in [-0.2, 0) is 4.79 Å². The van der Waals surface area contributed by atoms with Crippen LogP contribution in [0.4, 0.5) is 0 Å². The molecule has 0 saturated heterocycles. The Balaban J connectivity index is 2.58. The van der Waals surface area contributed by atoms with Crippen molar-refractivity contribution in [3.05, 3.63) is 24.5 Å². The fourth-order valence-corrected chi connectivity index (χ4v) is 0.671. The fourth-order valence-electron chi connectivity index (χ4n) is 0.671.